The summed E-state index contributed by atoms with van der Waals surface area (Å²) < 4.78 is 11.2. The van der Waals surface area contributed by atoms with E-state index in [1.54, 1.807) is 28.1 Å². The van der Waals surface area contributed by atoms with Crippen molar-refractivity contribution in [3.05, 3.63) is 24.3 Å². The fraction of sp³-hybridized carbons (Fsp3) is 0.625. The van der Waals surface area contributed by atoms with Gasteiger partial charge in [0.25, 0.3) is 0 Å². The number of carbonyl (C=O) groups excluding carboxylic acids is 2. The lowest BCUT2D eigenvalue weighted by Gasteiger charge is -2.27. The molecule has 120 valence electrons. The van der Waals surface area contributed by atoms with E-state index < -0.39 is 8.56 Å². The number of ketones is 2. The summed E-state index contributed by atoms with van der Waals surface area (Å²) in [5, 5.41) is 0. The van der Waals surface area contributed by atoms with E-state index in [2.05, 4.69) is 13.2 Å². The molecule has 0 spiro atoms. The minimum atomic E-state index is -2.31. The smallest absolute Gasteiger partial charge is 0.337 e. The molecule has 0 rings (SSSR count). The van der Waals surface area contributed by atoms with Gasteiger partial charge >= 0.3 is 8.56 Å². The average Bonchev–Trinajstić information content (AvgIpc) is 2.45. The van der Waals surface area contributed by atoms with Gasteiger partial charge < -0.3 is 8.85 Å². The predicted molar refractivity (Wildman–Crippen MR) is 87.5 cm³/mol. The van der Waals surface area contributed by atoms with Gasteiger partial charge in [0, 0.05) is 27.1 Å². The zero-order valence-corrected chi connectivity index (χ0v) is 14.8. The molecule has 0 unspecified atom stereocenters. The number of carbonyl (C=O) groups is 2. The van der Waals surface area contributed by atoms with Gasteiger partial charge in [0.2, 0.25) is 0 Å². The van der Waals surface area contributed by atoms with Crippen LogP contribution in [-0.4, -0.2) is 34.3 Å². The first kappa shape index (κ1) is 20.0. The molecule has 0 aliphatic rings. The number of allylic oxidation sites excluding steroid dienone is 2. The Labute approximate surface area is 129 Å². The van der Waals surface area contributed by atoms with Crippen molar-refractivity contribution >= 4 is 20.1 Å². The van der Waals surface area contributed by atoms with Gasteiger partial charge in [0.1, 0.15) is 0 Å². The SMILES string of the molecule is C=C(C)C(=O)CCC[Si](CCCC(=O)C(=C)C)(OC)OC. The summed E-state index contributed by atoms with van der Waals surface area (Å²) >= 11 is 0. The van der Waals surface area contributed by atoms with Crippen molar-refractivity contribution in [1.29, 1.82) is 0 Å². The van der Waals surface area contributed by atoms with E-state index in [0.717, 1.165) is 24.9 Å². The highest BCUT2D eigenvalue weighted by Crippen LogP contribution is 2.24. The van der Waals surface area contributed by atoms with Crippen LogP contribution in [0.2, 0.25) is 12.1 Å². The van der Waals surface area contributed by atoms with Gasteiger partial charge in [0.15, 0.2) is 11.6 Å². The van der Waals surface area contributed by atoms with Crippen LogP contribution < -0.4 is 0 Å². The molecule has 0 aromatic heterocycles. The second kappa shape index (κ2) is 9.81. The molecular formula is C16H28O4Si. The predicted octanol–water partition coefficient (Wildman–Crippen LogP) is 3.57. The fourth-order valence-electron chi connectivity index (χ4n) is 2.08. The van der Waals surface area contributed by atoms with Crippen LogP contribution in [0.5, 0.6) is 0 Å². The summed E-state index contributed by atoms with van der Waals surface area (Å²) in [7, 11) is 0.989. The molecule has 0 N–H and O–H groups in total. The topological polar surface area (TPSA) is 52.6 Å². The van der Waals surface area contributed by atoms with Crippen molar-refractivity contribution in [2.45, 2.75) is 51.6 Å². The van der Waals surface area contributed by atoms with E-state index in [0.29, 0.717) is 24.0 Å². The average molecular weight is 312 g/mol. The van der Waals surface area contributed by atoms with E-state index in [4.69, 9.17) is 8.85 Å². The van der Waals surface area contributed by atoms with Crippen molar-refractivity contribution < 1.29 is 18.4 Å². The Balaban J connectivity index is 4.35. The molecule has 4 nitrogen and oxygen atoms in total. The van der Waals surface area contributed by atoms with Crippen LogP contribution in [0.4, 0.5) is 0 Å². The van der Waals surface area contributed by atoms with E-state index in [1.807, 2.05) is 0 Å². The van der Waals surface area contributed by atoms with Gasteiger partial charge in [-0.25, -0.2) is 0 Å². The third-order valence-electron chi connectivity index (χ3n) is 3.62. The zero-order valence-electron chi connectivity index (χ0n) is 13.8. The molecular weight excluding hydrogens is 284 g/mol. The van der Waals surface area contributed by atoms with Crippen molar-refractivity contribution in [1.82, 2.24) is 0 Å². The maximum absolute atomic E-state index is 11.6. The molecule has 0 aliphatic carbocycles. The Morgan fingerprint density at radius 3 is 1.43 bits per heavy atom. The van der Waals surface area contributed by atoms with Crippen LogP contribution in [0.15, 0.2) is 24.3 Å². The van der Waals surface area contributed by atoms with Crippen LogP contribution in [-0.2, 0) is 18.4 Å². The van der Waals surface area contributed by atoms with Crippen LogP contribution >= 0.6 is 0 Å². The largest absolute Gasteiger partial charge is 0.398 e. The van der Waals surface area contributed by atoms with Gasteiger partial charge in [-0.3, -0.25) is 9.59 Å². The highest BCUT2D eigenvalue weighted by Gasteiger charge is 2.34. The van der Waals surface area contributed by atoms with Crippen molar-refractivity contribution in [3.63, 3.8) is 0 Å². The second-order valence-corrected chi connectivity index (χ2v) is 9.07. The quantitative estimate of drug-likeness (QED) is 0.408. The molecule has 0 amide bonds. The summed E-state index contributed by atoms with van der Waals surface area (Å²) in [6.07, 6.45) is 2.41. The summed E-state index contributed by atoms with van der Waals surface area (Å²) in [6, 6.07) is 1.50. The first-order valence-corrected chi connectivity index (χ1v) is 9.49. The monoisotopic (exact) mass is 312 g/mol. The highest BCUT2D eigenvalue weighted by atomic mass is 28.4. The maximum Gasteiger partial charge on any atom is 0.337 e. The first-order chi connectivity index (χ1) is 9.78. The van der Waals surface area contributed by atoms with Crippen LogP contribution in [0, 0.1) is 0 Å². The number of hydrogen-bond acceptors (Lipinski definition) is 4. The van der Waals surface area contributed by atoms with E-state index in [9.17, 15) is 9.59 Å². The molecule has 5 heteroatoms. The van der Waals surface area contributed by atoms with Crippen molar-refractivity contribution in [2.24, 2.45) is 0 Å². The molecule has 21 heavy (non-hydrogen) atoms. The molecule has 0 saturated heterocycles. The van der Waals surface area contributed by atoms with Crippen molar-refractivity contribution in [3.8, 4) is 0 Å². The minimum Gasteiger partial charge on any atom is -0.398 e. The summed E-state index contributed by atoms with van der Waals surface area (Å²) in [6.45, 7) is 10.7. The summed E-state index contributed by atoms with van der Waals surface area (Å²) in [5.74, 6) is 0.171. The number of Topliss-reactive ketones (excluding diaryl/α,β-unsaturated/α-hetero) is 2. The summed E-state index contributed by atoms with van der Waals surface area (Å²) in [5.41, 5.74) is 1.17. The van der Waals surface area contributed by atoms with Gasteiger partial charge in [-0.2, -0.15) is 0 Å². The third kappa shape index (κ3) is 7.50. The van der Waals surface area contributed by atoms with Gasteiger partial charge in [-0.1, -0.05) is 13.2 Å². The molecule has 0 atom stereocenters. The lowest BCUT2D eigenvalue weighted by atomic mass is 10.1. The lowest BCUT2D eigenvalue weighted by Crippen LogP contribution is -2.40. The van der Waals surface area contributed by atoms with E-state index in [-0.39, 0.29) is 11.6 Å². The summed E-state index contributed by atoms with van der Waals surface area (Å²) in [4.78, 5) is 23.1. The van der Waals surface area contributed by atoms with E-state index in [1.165, 1.54) is 0 Å². The molecule has 0 fully saturated rings. The maximum atomic E-state index is 11.6. The Kier molecular flexibility index (Phi) is 9.33. The molecule has 0 saturated carbocycles. The second-order valence-electron chi connectivity index (χ2n) is 5.43. The first-order valence-electron chi connectivity index (χ1n) is 7.25. The molecule has 0 heterocycles. The van der Waals surface area contributed by atoms with Crippen LogP contribution in [0.3, 0.4) is 0 Å². The highest BCUT2D eigenvalue weighted by molar-refractivity contribution is 6.67. The molecule has 0 aliphatic heterocycles. The van der Waals surface area contributed by atoms with Gasteiger partial charge in [-0.05, 0) is 49.9 Å². The third-order valence-corrected chi connectivity index (χ3v) is 7.34. The van der Waals surface area contributed by atoms with E-state index >= 15 is 0 Å². The fourth-order valence-corrected chi connectivity index (χ4v) is 4.74. The van der Waals surface area contributed by atoms with Crippen LogP contribution in [0.1, 0.15) is 39.5 Å². The lowest BCUT2D eigenvalue weighted by molar-refractivity contribution is -0.116. The van der Waals surface area contributed by atoms with Crippen LogP contribution in [0.25, 0.3) is 0 Å². The Morgan fingerprint density at radius 1 is 0.857 bits per heavy atom. The Bertz CT molecular complexity index is 363. The zero-order chi connectivity index (χ0) is 16.5. The van der Waals surface area contributed by atoms with Crippen molar-refractivity contribution in [2.75, 3.05) is 14.2 Å². The molecule has 0 bridgehead atoms. The number of hydrogen-bond donors (Lipinski definition) is 0. The standard InChI is InChI=1S/C16H28O4Si/c1-13(2)15(17)9-7-11-21(19-5,20-6)12-8-10-16(18)14(3)4/h1,3,7-12H2,2,4-6H3. The molecule has 0 radical (unpaired) electrons. The number of rotatable bonds is 12. The minimum absolute atomic E-state index is 0.0857. The Morgan fingerprint density at radius 2 is 1.19 bits per heavy atom. The normalized spacial score (nSPS) is 11.2. The molecule has 0 aromatic rings. The Hall–Kier alpha value is -1.04. The van der Waals surface area contributed by atoms with Gasteiger partial charge in [-0.15, -0.1) is 0 Å². The van der Waals surface area contributed by atoms with Gasteiger partial charge in [0.05, 0.1) is 0 Å². The molecule has 0 aromatic carbocycles.